The molecule has 0 aliphatic heterocycles. The molecule has 0 bridgehead atoms. The average molecular weight is 386 g/mol. The fourth-order valence-electron chi connectivity index (χ4n) is 1.77. The molecule has 1 amide bonds. The first-order valence-electron chi connectivity index (χ1n) is 8.25. The van der Waals surface area contributed by atoms with Crippen LogP contribution in [-0.2, 0) is 9.53 Å². The molecule has 0 aromatic heterocycles. The Kier molecular flexibility index (Phi) is 11.0. The summed E-state index contributed by atoms with van der Waals surface area (Å²) in [6.45, 7) is 5.53. The molecule has 1 aromatic carbocycles. The average Bonchev–Trinajstić information content (AvgIpc) is 2.53. The van der Waals surface area contributed by atoms with E-state index >= 15 is 0 Å². The second-order valence-electron chi connectivity index (χ2n) is 5.84. The fourth-order valence-corrected chi connectivity index (χ4v) is 2.27. The summed E-state index contributed by atoms with van der Waals surface area (Å²) in [4.78, 5) is 11.4. The topological polar surface area (TPSA) is 47.6 Å². The minimum absolute atomic E-state index is 0.0695. The number of amides is 1. The molecule has 0 spiro atoms. The number of rotatable bonds is 11. The van der Waals surface area contributed by atoms with E-state index < -0.39 is 0 Å². The monoisotopic (exact) mass is 385 g/mol. The van der Waals surface area contributed by atoms with Gasteiger partial charge in [0, 0.05) is 22.7 Å². The minimum atomic E-state index is -0.0695. The van der Waals surface area contributed by atoms with Crippen LogP contribution in [-0.4, -0.2) is 25.9 Å². The van der Waals surface area contributed by atoms with Crippen LogP contribution in [0.25, 0.3) is 0 Å². The van der Waals surface area contributed by atoms with Crippen LogP contribution < -0.4 is 10.1 Å². The predicted octanol–water partition coefficient (Wildman–Crippen LogP) is 5.01. The molecule has 0 aliphatic rings. The molecule has 4 nitrogen and oxygen atoms in total. The van der Waals surface area contributed by atoms with Gasteiger partial charge in [-0.15, -0.1) is 0 Å². The van der Waals surface area contributed by atoms with Gasteiger partial charge in [0.25, 0.3) is 0 Å². The summed E-state index contributed by atoms with van der Waals surface area (Å²) < 4.78 is 10.8. The number of allylic oxidation sites excluding steroid dienone is 3. The maximum Gasteiger partial charge on any atom is 0.243 e. The molecule has 0 saturated heterocycles. The predicted molar refractivity (Wildman–Crippen MR) is 103 cm³/mol. The summed E-state index contributed by atoms with van der Waals surface area (Å²) in [6.07, 6.45) is 8.85. The number of benzene rings is 1. The van der Waals surface area contributed by atoms with Crippen molar-refractivity contribution in [1.82, 2.24) is 5.32 Å². The van der Waals surface area contributed by atoms with E-state index in [1.54, 1.807) is 24.3 Å². The van der Waals surface area contributed by atoms with E-state index in [4.69, 9.17) is 32.7 Å². The van der Waals surface area contributed by atoms with Gasteiger partial charge < -0.3 is 14.8 Å². The van der Waals surface area contributed by atoms with E-state index in [0.29, 0.717) is 34.9 Å². The Labute approximate surface area is 159 Å². The largest absolute Gasteiger partial charge is 0.467 e. The van der Waals surface area contributed by atoms with Crippen LogP contribution in [0.3, 0.4) is 0 Å². The Balaban J connectivity index is 2.05. The molecule has 1 rings (SSSR count). The first-order chi connectivity index (χ1) is 12.0. The van der Waals surface area contributed by atoms with Crippen LogP contribution in [0.5, 0.6) is 5.75 Å². The van der Waals surface area contributed by atoms with Gasteiger partial charge in [-0.3, -0.25) is 4.79 Å². The highest BCUT2D eigenvalue weighted by molar-refractivity contribution is 6.34. The van der Waals surface area contributed by atoms with Crippen LogP contribution in [0.15, 0.2) is 42.5 Å². The lowest BCUT2D eigenvalue weighted by Gasteiger charge is -2.07. The van der Waals surface area contributed by atoms with Gasteiger partial charge in [0.1, 0.15) is 5.75 Å². The lowest BCUT2D eigenvalue weighted by Crippen LogP contribution is -2.25. The molecule has 0 radical (unpaired) electrons. The highest BCUT2D eigenvalue weighted by Crippen LogP contribution is 2.24. The molecular formula is C19H25Cl2NO3. The maximum atomic E-state index is 11.4. The van der Waals surface area contributed by atoms with E-state index in [1.165, 1.54) is 6.08 Å². The number of unbranched alkanes of at least 4 members (excludes halogenated alkanes) is 1. The molecule has 0 unspecified atom stereocenters. The third kappa shape index (κ3) is 11.6. The molecule has 0 saturated carbocycles. The lowest BCUT2D eigenvalue weighted by atomic mass is 10.2. The van der Waals surface area contributed by atoms with E-state index in [0.717, 1.165) is 12.8 Å². The van der Waals surface area contributed by atoms with E-state index in [9.17, 15) is 4.79 Å². The molecule has 0 heterocycles. The summed E-state index contributed by atoms with van der Waals surface area (Å²) in [5.74, 6) is 0.964. The Bertz CT molecular complexity index is 566. The molecule has 0 atom stereocenters. The van der Waals surface area contributed by atoms with Gasteiger partial charge in [-0.1, -0.05) is 55.3 Å². The summed E-state index contributed by atoms with van der Waals surface area (Å²) in [7, 11) is 0. The van der Waals surface area contributed by atoms with Crippen LogP contribution in [0.2, 0.25) is 10.0 Å². The minimum Gasteiger partial charge on any atom is -0.467 e. The second kappa shape index (κ2) is 12.8. The highest BCUT2D eigenvalue weighted by atomic mass is 35.5. The van der Waals surface area contributed by atoms with Crippen LogP contribution in [0.1, 0.15) is 26.7 Å². The summed E-state index contributed by atoms with van der Waals surface area (Å²) in [5.41, 5.74) is 0. The maximum absolute atomic E-state index is 11.4. The molecule has 0 aliphatic carbocycles. The second-order valence-corrected chi connectivity index (χ2v) is 6.72. The van der Waals surface area contributed by atoms with E-state index in [-0.39, 0.29) is 12.7 Å². The molecule has 6 heteroatoms. The van der Waals surface area contributed by atoms with Crippen molar-refractivity contribution in [2.45, 2.75) is 26.7 Å². The van der Waals surface area contributed by atoms with Crippen molar-refractivity contribution in [3.8, 4) is 5.75 Å². The number of hydrogen-bond donors (Lipinski definition) is 1. The van der Waals surface area contributed by atoms with Gasteiger partial charge in [-0.2, -0.15) is 0 Å². The van der Waals surface area contributed by atoms with Crippen molar-refractivity contribution in [2.24, 2.45) is 5.92 Å². The standard InChI is InChI=1S/C19H25Cl2NO3/c1-15(2)13-22-19(23)8-6-4-3-5-7-9-24-14-25-18-11-16(20)10-17(21)12-18/h3-4,6,8,10-12,15H,5,7,9,13-14H2,1-2H3,(H,22,23)/b4-3+,8-6+. The van der Waals surface area contributed by atoms with E-state index in [1.807, 2.05) is 12.2 Å². The lowest BCUT2D eigenvalue weighted by molar-refractivity contribution is -0.116. The Morgan fingerprint density at radius 2 is 1.92 bits per heavy atom. The number of carbonyl (C=O) groups is 1. The highest BCUT2D eigenvalue weighted by Gasteiger charge is 1.99. The molecule has 25 heavy (non-hydrogen) atoms. The van der Waals surface area contributed by atoms with Crippen LogP contribution in [0.4, 0.5) is 0 Å². The first-order valence-corrected chi connectivity index (χ1v) is 9.00. The number of ether oxygens (including phenoxy) is 2. The molecule has 1 aromatic rings. The number of nitrogens with one attached hydrogen (secondary N) is 1. The van der Waals surface area contributed by atoms with Crippen LogP contribution in [0, 0.1) is 5.92 Å². The van der Waals surface area contributed by atoms with Crippen molar-refractivity contribution < 1.29 is 14.3 Å². The Hall–Kier alpha value is -1.49. The van der Waals surface area contributed by atoms with E-state index in [2.05, 4.69) is 19.2 Å². The molecule has 1 N–H and O–H groups in total. The zero-order valence-corrected chi connectivity index (χ0v) is 16.1. The van der Waals surface area contributed by atoms with Crippen molar-refractivity contribution in [1.29, 1.82) is 0 Å². The van der Waals surface area contributed by atoms with Crippen molar-refractivity contribution >= 4 is 29.1 Å². The zero-order valence-electron chi connectivity index (χ0n) is 14.6. The molecular weight excluding hydrogens is 361 g/mol. The number of carbonyl (C=O) groups excluding carboxylic acids is 1. The smallest absolute Gasteiger partial charge is 0.243 e. The van der Waals surface area contributed by atoms with Gasteiger partial charge >= 0.3 is 0 Å². The zero-order chi connectivity index (χ0) is 18.5. The van der Waals surface area contributed by atoms with Crippen molar-refractivity contribution in [2.75, 3.05) is 19.9 Å². The normalized spacial score (nSPS) is 11.6. The Morgan fingerprint density at radius 1 is 1.20 bits per heavy atom. The molecule has 138 valence electrons. The fraction of sp³-hybridized carbons (Fsp3) is 0.421. The third-order valence-corrected chi connectivity index (χ3v) is 3.42. The Morgan fingerprint density at radius 3 is 2.60 bits per heavy atom. The summed E-state index contributed by atoms with van der Waals surface area (Å²) in [6, 6.07) is 5.01. The van der Waals surface area contributed by atoms with Gasteiger partial charge in [-0.05, 0) is 37.0 Å². The van der Waals surface area contributed by atoms with Crippen LogP contribution >= 0.6 is 23.2 Å². The first kappa shape index (κ1) is 21.6. The third-order valence-electron chi connectivity index (χ3n) is 2.98. The van der Waals surface area contributed by atoms with Gasteiger partial charge in [0.15, 0.2) is 6.79 Å². The van der Waals surface area contributed by atoms with Gasteiger partial charge in [0.2, 0.25) is 5.91 Å². The summed E-state index contributed by atoms with van der Waals surface area (Å²) >= 11 is 11.8. The SMILES string of the molecule is CC(C)CNC(=O)/C=C/C=C/CCCOCOc1cc(Cl)cc(Cl)c1. The van der Waals surface area contributed by atoms with Gasteiger partial charge in [-0.25, -0.2) is 0 Å². The van der Waals surface area contributed by atoms with Gasteiger partial charge in [0.05, 0.1) is 6.61 Å². The van der Waals surface area contributed by atoms with Crippen molar-refractivity contribution in [3.05, 3.63) is 52.5 Å². The molecule has 0 fully saturated rings. The number of hydrogen-bond acceptors (Lipinski definition) is 3. The quantitative estimate of drug-likeness (QED) is 0.252. The van der Waals surface area contributed by atoms with Crippen molar-refractivity contribution in [3.63, 3.8) is 0 Å². The summed E-state index contributed by atoms with van der Waals surface area (Å²) in [5, 5.41) is 3.87. The number of halogens is 2.